The first-order valence-corrected chi connectivity index (χ1v) is 8.37. The number of nitrogens with one attached hydrogen (secondary N) is 1. The fraction of sp³-hybridized carbons (Fsp3) is 0.450. The summed E-state index contributed by atoms with van der Waals surface area (Å²) in [7, 11) is 0. The molecule has 0 radical (unpaired) electrons. The smallest absolute Gasteiger partial charge is 0.291 e. The molecule has 3 rings (SSSR count). The number of aliphatic hydroxyl groups is 1. The van der Waals surface area contributed by atoms with Crippen molar-refractivity contribution >= 4 is 11.6 Å². The van der Waals surface area contributed by atoms with Gasteiger partial charge in [0.2, 0.25) is 0 Å². The van der Waals surface area contributed by atoms with E-state index in [9.17, 15) is 9.90 Å². The molecular formula is C20H25NO3. The highest BCUT2D eigenvalue weighted by Gasteiger charge is 2.37. The number of furan rings is 1. The SMILES string of the molecule is Cc1ccc(C)c(NC(=O)c2oc3c(c2C)[C@@H](O)CC(C)(C)C3)c1. The maximum absolute atomic E-state index is 12.7. The van der Waals surface area contributed by atoms with Gasteiger partial charge in [-0.1, -0.05) is 26.0 Å². The normalized spacial score (nSPS) is 19.0. The van der Waals surface area contributed by atoms with Gasteiger partial charge >= 0.3 is 0 Å². The van der Waals surface area contributed by atoms with Gasteiger partial charge in [0.05, 0.1) is 6.10 Å². The summed E-state index contributed by atoms with van der Waals surface area (Å²) in [6.45, 7) is 10.0. The van der Waals surface area contributed by atoms with E-state index in [1.807, 2.05) is 39.0 Å². The van der Waals surface area contributed by atoms with Gasteiger partial charge in [-0.2, -0.15) is 0 Å². The van der Waals surface area contributed by atoms with Crippen LogP contribution >= 0.6 is 0 Å². The molecule has 0 spiro atoms. The molecule has 1 aliphatic rings. The van der Waals surface area contributed by atoms with Crippen LogP contribution in [0.5, 0.6) is 0 Å². The van der Waals surface area contributed by atoms with Gasteiger partial charge in [-0.3, -0.25) is 4.79 Å². The fourth-order valence-corrected chi connectivity index (χ4v) is 3.55. The van der Waals surface area contributed by atoms with Crippen molar-refractivity contribution in [2.75, 3.05) is 5.32 Å². The lowest BCUT2D eigenvalue weighted by molar-refractivity contribution is 0.0910. The summed E-state index contributed by atoms with van der Waals surface area (Å²) >= 11 is 0. The Kier molecular flexibility index (Phi) is 4.04. The van der Waals surface area contributed by atoms with Crippen LogP contribution in [0.25, 0.3) is 0 Å². The average Bonchev–Trinajstić information content (AvgIpc) is 2.78. The zero-order chi connectivity index (χ0) is 17.6. The van der Waals surface area contributed by atoms with E-state index < -0.39 is 6.10 Å². The topological polar surface area (TPSA) is 62.5 Å². The molecule has 0 bridgehead atoms. The molecule has 1 aromatic carbocycles. The number of hydrogen-bond acceptors (Lipinski definition) is 3. The second-order valence-corrected chi connectivity index (χ2v) is 7.73. The van der Waals surface area contributed by atoms with Gasteiger partial charge in [0.15, 0.2) is 5.76 Å². The molecule has 2 N–H and O–H groups in total. The number of amides is 1. The van der Waals surface area contributed by atoms with E-state index in [0.717, 1.165) is 40.1 Å². The van der Waals surface area contributed by atoms with Crippen LogP contribution in [0.3, 0.4) is 0 Å². The summed E-state index contributed by atoms with van der Waals surface area (Å²) in [6.07, 6.45) is 0.838. The van der Waals surface area contributed by atoms with Crippen LogP contribution in [-0.4, -0.2) is 11.0 Å². The predicted molar refractivity (Wildman–Crippen MR) is 94.4 cm³/mol. The molecular weight excluding hydrogens is 302 g/mol. The van der Waals surface area contributed by atoms with Crippen molar-refractivity contribution in [3.63, 3.8) is 0 Å². The second-order valence-electron chi connectivity index (χ2n) is 7.73. The quantitative estimate of drug-likeness (QED) is 0.856. The minimum absolute atomic E-state index is 0.0302. The number of aliphatic hydroxyl groups excluding tert-OH is 1. The maximum atomic E-state index is 12.7. The maximum Gasteiger partial charge on any atom is 0.291 e. The van der Waals surface area contributed by atoms with E-state index in [1.165, 1.54) is 0 Å². The number of rotatable bonds is 2. The van der Waals surface area contributed by atoms with Crippen molar-refractivity contribution < 1.29 is 14.3 Å². The molecule has 0 saturated heterocycles. The van der Waals surface area contributed by atoms with Crippen LogP contribution in [0.4, 0.5) is 5.69 Å². The Morgan fingerprint density at radius 2 is 2.00 bits per heavy atom. The summed E-state index contributed by atoms with van der Waals surface area (Å²) < 4.78 is 5.87. The molecule has 128 valence electrons. The Bertz CT molecular complexity index is 801. The van der Waals surface area contributed by atoms with Crippen LogP contribution in [0.2, 0.25) is 0 Å². The third-order valence-corrected chi connectivity index (χ3v) is 4.84. The highest BCUT2D eigenvalue weighted by molar-refractivity contribution is 6.04. The third kappa shape index (κ3) is 2.98. The van der Waals surface area contributed by atoms with Gasteiger partial charge in [0.1, 0.15) is 5.76 Å². The predicted octanol–water partition coefficient (Wildman–Crippen LogP) is 4.46. The molecule has 4 heteroatoms. The summed E-state index contributed by atoms with van der Waals surface area (Å²) in [4.78, 5) is 12.7. The monoisotopic (exact) mass is 327 g/mol. The van der Waals surface area contributed by atoms with Gasteiger partial charge in [-0.15, -0.1) is 0 Å². The van der Waals surface area contributed by atoms with Crippen molar-refractivity contribution in [2.45, 2.75) is 53.6 Å². The molecule has 1 aromatic heterocycles. The second kappa shape index (κ2) is 5.78. The van der Waals surface area contributed by atoms with Crippen LogP contribution in [-0.2, 0) is 6.42 Å². The van der Waals surface area contributed by atoms with E-state index in [2.05, 4.69) is 19.2 Å². The van der Waals surface area contributed by atoms with Crippen molar-refractivity contribution in [3.05, 3.63) is 52.0 Å². The zero-order valence-electron chi connectivity index (χ0n) is 15.0. The number of fused-ring (bicyclic) bond motifs is 1. The van der Waals surface area contributed by atoms with Gasteiger partial charge in [-0.05, 0) is 49.8 Å². The summed E-state index contributed by atoms with van der Waals surface area (Å²) in [5.41, 5.74) is 4.39. The summed E-state index contributed by atoms with van der Waals surface area (Å²) in [5, 5.41) is 13.4. The van der Waals surface area contributed by atoms with Gasteiger partial charge in [-0.25, -0.2) is 0 Å². The third-order valence-electron chi connectivity index (χ3n) is 4.84. The van der Waals surface area contributed by atoms with E-state index in [-0.39, 0.29) is 11.3 Å². The first-order chi connectivity index (χ1) is 11.2. The lowest BCUT2D eigenvalue weighted by Crippen LogP contribution is -2.24. The van der Waals surface area contributed by atoms with Crippen LogP contribution < -0.4 is 5.32 Å². The Morgan fingerprint density at radius 1 is 1.29 bits per heavy atom. The van der Waals surface area contributed by atoms with E-state index in [1.54, 1.807) is 0 Å². The molecule has 0 unspecified atom stereocenters. The molecule has 0 saturated carbocycles. The first kappa shape index (κ1) is 16.8. The molecule has 4 nitrogen and oxygen atoms in total. The van der Waals surface area contributed by atoms with Crippen molar-refractivity contribution in [3.8, 4) is 0 Å². The minimum atomic E-state index is -0.574. The van der Waals surface area contributed by atoms with E-state index in [4.69, 9.17) is 4.42 Å². The number of hydrogen-bond donors (Lipinski definition) is 2. The Morgan fingerprint density at radius 3 is 2.71 bits per heavy atom. The van der Waals surface area contributed by atoms with Gasteiger partial charge in [0.25, 0.3) is 5.91 Å². The summed E-state index contributed by atoms with van der Waals surface area (Å²) in [5.74, 6) is 0.778. The standard InChI is InChI=1S/C20H25NO3/c1-11-6-7-12(2)14(8-11)21-19(23)18-13(3)17-15(22)9-20(4,5)10-16(17)24-18/h6-8,15,22H,9-10H2,1-5H3,(H,21,23)/t15-/m0/s1. The lowest BCUT2D eigenvalue weighted by atomic mass is 9.75. The van der Waals surface area contributed by atoms with E-state index in [0.29, 0.717) is 12.2 Å². The van der Waals surface area contributed by atoms with E-state index >= 15 is 0 Å². The lowest BCUT2D eigenvalue weighted by Gasteiger charge is -2.31. The molecule has 1 aliphatic carbocycles. The Balaban J connectivity index is 1.93. The van der Waals surface area contributed by atoms with Crippen LogP contribution in [0.1, 0.15) is 64.9 Å². The highest BCUT2D eigenvalue weighted by Crippen LogP contribution is 2.44. The fourth-order valence-electron chi connectivity index (χ4n) is 3.55. The number of carbonyl (C=O) groups is 1. The van der Waals surface area contributed by atoms with Gasteiger partial charge < -0.3 is 14.8 Å². The molecule has 1 heterocycles. The van der Waals surface area contributed by atoms with Crippen molar-refractivity contribution in [1.29, 1.82) is 0 Å². The Labute approximate surface area is 142 Å². The zero-order valence-corrected chi connectivity index (χ0v) is 15.0. The van der Waals surface area contributed by atoms with Crippen LogP contribution in [0.15, 0.2) is 22.6 Å². The minimum Gasteiger partial charge on any atom is -0.455 e. The highest BCUT2D eigenvalue weighted by atomic mass is 16.4. The first-order valence-electron chi connectivity index (χ1n) is 8.37. The molecule has 0 fully saturated rings. The number of carbonyl (C=O) groups excluding carboxylic acids is 1. The van der Waals surface area contributed by atoms with Crippen LogP contribution in [0, 0.1) is 26.2 Å². The van der Waals surface area contributed by atoms with Crippen molar-refractivity contribution in [2.24, 2.45) is 5.41 Å². The Hall–Kier alpha value is -2.07. The summed E-state index contributed by atoms with van der Waals surface area (Å²) in [6, 6.07) is 5.95. The number of anilines is 1. The van der Waals surface area contributed by atoms with Crippen molar-refractivity contribution in [1.82, 2.24) is 0 Å². The van der Waals surface area contributed by atoms with Gasteiger partial charge in [0, 0.05) is 23.2 Å². The largest absolute Gasteiger partial charge is 0.455 e. The molecule has 0 aliphatic heterocycles. The average molecular weight is 327 g/mol. The molecule has 1 amide bonds. The molecule has 2 aromatic rings. The number of benzene rings is 1. The molecule has 1 atom stereocenters. The number of aryl methyl sites for hydroxylation is 2. The molecule has 24 heavy (non-hydrogen) atoms.